The van der Waals surface area contributed by atoms with E-state index >= 15 is 0 Å². The molecule has 124 valence electrons. The summed E-state index contributed by atoms with van der Waals surface area (Å²) in [6, 6.07) is 9.09. The van der Waals surface area contributed by atoms with Crippen LogP contribution < -0.4 is 10.2 Å². The Morgan fingerprint density at radius 2 is 1.91 bits per heavy atom. The van der Waals surface area contributed by atoms with Crippen molar-refractivity contribution in [2.45, 2.75) is 39.2 Å². The molecule has 1 unspecified atom stereocenters. The van der Waals surface area contributed by atoms with Crippen LogP contribution in [-0.2, 0) is 14.4 Å². The Bertz CT molecular complexity index is 598. The fraction of sp³-hybridized carbons (Fsp3) is 0.471. The summed E-state index contributed by atoms with van der Waals surface area (Å²) in [5.41, 5.74) is 0.206. The Morgan fingerprint density at radius 1 is 1.26 bits per heavy atom. The number of nitrogens with one attached hydrogen (secondary N) is 1. The van der Waals surface area contributed by atoms with Gasteiger partial charge in [0, 0.05) is 25.1 Å². The van der Waals surface area contributed by atoms with E-state index in [1.807, 2.05) is 30.3 Å². The van der Waals surface area contributed by atoms with Gasteiger partial charge in [-0.15, -0.1) is 0 Å². The predicted octanol–water partition coefficient (Wildman–Crippen LogP) is 1.80. The minimum Gasteiger partial charge on any atom is -0.481 e. The van der Waals surface area contributed by atoms with Crippen molar-refractivity contribution in [2.75, 3.05) is 11.4 Å². The number of benzene rings is 1. The molecule has 1 saturated heterocycles. The van der Waals surface area contributed by atoms with E-state index in [1.165, 1.54) is 0 Å². The molecule has 2 amide bonds. The second kappa shape index (κ2) is 6.81. The molecule has 2 N–H and O–H groups in total. The van der Waals surface area contributed by atoms with E-state index in [0.717, 1.165) is 5.69 Å². The summed E-state index contributed by atoms with van der Waals surface area (Å²) < 4.78 is 0. The van der Waals surface area contributed by atoms with Crippen LogP contribution in [0.3, 0.4) is 0 Å². The number of hydrogen-bond donors (Lipinski definition) is 2. The van der Waals surface area contributed by atoms with Crippen LogP contribution in [0.4, 0.5) is 5.69 Å². The molecule has 0 aromatic heterocycles. The first-order valence-corrected chi connectivity index (χ1v) is 7.63. The van der Waals surface area contributed by atoms with Crippen LogP contribution in [0, 0.1) is 5.41 Å². The number of carbonyl (C=O) groups excluding carboxylic acids is 2. The second-order valence-corrected chi connectivity index (χ2v) is 6.72. The Balaban J connectivity index is 1.91. The third-order valence-corrected chi connectivity index (χ3v) is 3.83. The van der Waals surface area contributed by atoms with Crippen LogP contribution in [0.15, 0.2) is 30.3 Å². The molecule has 1 aromatic carbocycles. The Kier molecular flexibility index (Phi) is 5.03. The molecule has 23 heavy (non-hydrogen) atoms. The molecular weight excluding hydrogens is 296 g/mol. The van der Waals surface area contributed by atoms with Gasteiger partial charge in [-0.05, 0) is 17.5 Å². The molecule has 1 aliphatic rings. The first kappa shape index (κ1) is 17.0. The average molecular weight is 318 g/mol. The van der Waals surface area contributed by atoms with Gasteiger partial charge in [0.25, 0.3) is 0 Å². The van der Waals surface area contributed by atoms with Gasteiger partial charge in [-0.25, -0.2) is 0 Å². The number of para-hydroxylation sites is 1. The minimum atomic E-state index is -0.922. The second-order valence-electron chi connectivity index (χ2n) is 6.72. The maximum Gasteiger partial charge on any atom is 0.303 e. The molecule has 0 spiro atoms. The van der Waals surface area contributed by atoms with Crippen molar-refractivity contribution < 1.29 is 19.5 Å². The van der Waals surface area contributed by atoms with Crippen molar-refractivity contribution in [2.24, 2.45) is 5.41 Å². The van der Waals surface area contributed by atoms with Crippen molar-refractivity contribution >= 4 is 23.5 Å². The normalized spacial score (nSPS) is 18.1. The zero-order chi connectivity index (χ0) is 17.0. The fourth-order valence-electron chi connectivity index (χ4n) is 2.85. The monoisotopic (exact) mass is 318 g/mol. The highest BCUT2D eigenvalue weighted by molar-refractivity contribution is 5.96. The van der Waals surface area contributed by atoms with E-state index in [2.05, 4.69) is 5.32 Å². The largest absolute Gasteiger partial charge is 0.481 e. The van der Waals surface area contributed by atoms with Crippen molar-refractivity contribution in [3.8, 4) is 0 Å². The van der Waals surface area contributed by atoms with Crippen LogP contribution in [0.2, 0.25) is 0 Å². The van der Waals surface area contributed by atoms with Gasteiger partial charge >= 0.3 is 5.97 Å². The van der Waals surface area contributed by atoms with Gasteiger partial charge in [0.1, 0.15) is 0 Å². The lowest BCUT2D eigenvalue weighted by Gasteiger charge is -2.23. The first-order valence-electron chi connectivity index (χ1n) is 7.63. The van der Waals surface area contributed by atoms with E-state index in [9.17, 15) is 14.4 Å². The number of aliphatic carboxylic acids is 1. The smallest absolute Gasteiger partial charge is 0.303 e. The van der Waals surface area contributed by atoms with E-state index in [0.29, 0.717) is 6.54 Å². The maximum atomic E-state index is 12.1. The van der Waals surface area contributed by atoms with Crippen LogP contribution >= 0.6 is 0 Å². The molecule has 1 heterocycles. The van der Waals surface area contributed by atoms with Gasteiger partial charge in [-0.3, -0.25) is 14.4 Å². The number of carbonyl (C=O) groups is 3. The minimum absolute atomic E-state index is 0.0219. The first-order chi connectivity index (χ1) is 10.8. The third kappa shape index (κ3) is 4.81. The Labute approximate surface area is 135 Å². The van der Waals surface area contributed by atoms with Gasteiger partial charge in [0.15, 0.2) is 0 Å². The van der Waals surface area contributed by atoms with Crippen LogP contribution in [0.25, 0.3) is 0 Å². The van der Waals surface area contributed by atoms with Crippen molar-refractivity contribution in [1.29, 1.82) is 0 Å². The molecule has 1 aromatic rings. The number of carboxylic acid groups (broad SMARTS) is 1. The number of anilines is 1. The van der Waals surface area contributed by atoms with E-state index in [4.69, 9.17) is 5.11 Å². The highest BCUT2D eigenvalue weighted by atomic mass is 16.4. The number of amides is 2. The highest BCUT2D eigenvalue weighted by Gasteiger charge is 2.33. The van der Waals surface area contributed by atoms with E-state index < -0.39 is 11.4 Å². The van der Waals surface area contributed by atoms with Crippen molar-refractivity contribution in [3.63, 3.8) is 0 Å². The lowest BCUT2D eigenvalue weighted by Crippen LogP contribution is -2.39. The number of carboxylic acids is 1. The molecular formula is C17H22N2O4. The molecule has 0 aliphatic carbocycles. The van der Waals surface area contributed by atoms with Gasteiger partial charge in [-0.1, -0.05) is 32.0 Å². The van der Waals surface area contributed by atoms with Crippen molar-refractivity contribution in [3.05, 3.63) is 30.3 Å². The number of hydrogen-bond acceptors (Lipinski definition) is 3. The van der Waals surface area contributed by atoms with Crippen molar-refractivity contribution in [1.82, 2.24) is 5.32 Å². The number of nitrogens with zero attached hydrogens (tertiary/aromatic N) is 1. The van der Waals surface area contributed by atoms with Gasteiger partial charge in [0.2, 0.25) is 11.8 Å². The summed E-state index contributed by atoms with van der Waals surface area (Å²) in [6.45, 7) is 3.93. The summed E-state index contributed by atoms with van der Waals surface area (Å²) >= 11 is 0. The zero-order valence-corrected chi connectivity index (χ0v) is 13.4. The predicted molar refractivity (Wildman–Crippen MR) is 86.0 cm³/mol. The Hall–Kier alpha value is -2.37. The summed E-state index contributed by atoms with van der Waals surface area (Å²) in [5, 5.41) is 11.7. The SMILES string of the molecule is CC(C)(CC(=O)O)CC(=O)NC1CC(=O)N(c2ccccc2)C1. The molecule has 2 rings (SSSR count). The summed E-state index contributed by atoms with van der Waals surface area (Å²) in [6.07, 6.45) is 0.315. The summed E-state index contributed by atoms with van der Waals surface area (Å²) in [7, 11) is 0. The molecule has 1 atom stereocenters. The van der Waals surface area contributed by atoms with Crippen LogP contribution in [0.1, 0.15) is 33.1 Å². The van der Waals surface area contributed by atoms with Gasteiger partial charge in [0.05, 0.1) is 12.5 Å². The zero-order valence-electron chi connectivity index (χ0n) is 13.4. The van der Waals surface area contributed by atoms with Crippen LogP contribution in [0.5, 0.6) is 0 Å². The fourth-order valence-corrected chi connectivity index (χ4v) is 2.85. The Morgan fingerprint density at radius 3 is 2.52 bits per heavy atom. The van der Waals surface area contributed by atoms with E-state index in [-0.39, 0.29) is 37.1 Å². The third-order valence-electron chi connectivity index (χ3n) is 3.83. The lowest BCUT2D eigenvalue weighted by atomic mass is 9.85. The lowest BCUT2D eigenvalue weighted by molar-refractivity contribution is -0.139. The highest BCUT2D eigenvalue weighted by Crippen LogP contribution is 2.26. The number of rotatable bonds is 6. The summed E-state index contributed by atoms with van der Waals surface area (Å²) in [4.78, 5) is 36.7. The standard InChI is InChI=1S/C17H22N2O4/c1-17(2,10-16(22)23)9-14(20)18-12-8-15(21)19(11-12)13-6-4-3-5-7-13/h3-7,12H,8-11H2,1-2H3,(H,18,20)(H,22,23). The molecule has 6 heteroatoms. The molecule has 1 aliphatic heterocycles. The maximum absolute atomic E-state index is 12.1. The summed E-state index contributed by atoms with van der Waals surface area (Å²) in [5.74, 6) is -1.16. The van der Waals surface area contributed by atoms with E-state index in [1.54, 1.807) is 18.7 Å². The molecule has 6 nitrogen and oxygen atoms in total. The van der Waals surface area contributed by atoms with Gasteiger partial charge in [-0.2, -0.15) is 0 Å². The molecule has 1 fully saturated rings. The average Bonchev–Trinajstić information content (AvgIpc) is 2.77. The topological polar surface area (TPSA) is 86.7 Å². The molecule has 0 radical (unpaired) electrons. The quantitative estimate of drug-likeness (QED) is 0.837. The van der Waals surface area contributed by atoms with Gasteiger partial charge < -0.3 is 15.3 Å². The molecule has 0 bridgehead atoms. The molecule has 0 saturated carbocycles. The van der Waals surface area contributed by atoms with Crippen LogP contribution in [-0.4, -0.2) is 35.5 Å².